The van der Waals surface area contributed by atoms with E-state index in [9.17, 15) is 0 Å². The zero-order valence-corrected chi connectivity index (χ0v) is 8.10. The van der Waals surface area contributed by atoms with Crippen molar-refractivity contribution in [1.29, 1.82) is 0 Å². The number of rotatable bonds is 1. The van der Waals surface area contributed by atoms with Gasteiger partial charge in [-0.2, -0.15) is 0 Å². The van der Waals surface area contributed by atoms with E-state index < -0.39 is 8.24 Å². The fourth-order valence-electron chi connectivity index (χ4n) is 1.14. The van der Waals surface area contributed by atoms with Crippen molar-refractivity contribution in [1.82, 2.24) is 4.98 Å². The number of aromatic nitrogens is 2. The van der Waals surface area contributed by atoms with Crippen molar-refractivity contribution in [3.8, 4) is 0 Å². The molecule has 0 aliphatic rings. The summed E-state index contributed by atoms with van der Waals surface area (Å²) in [5.41, 5.74) is 0. The maximum atomic E-state index is 3.17. The van der Waals surface area contributed by atoms with Gasteiger partial charge in [-0.05, 0) is 19.6 Å². The fourth-order valence-corrected chi connectivity index (χ4v) is 2.73. The minimum atomic E-state index is -1.14. The Morgan fingerprint density at radius 3 is 2.20 bits per heavy atom. The average Bonchev–Trinajstić information content (AvgIpc) is 2.11. The number of hydrogen-bond acceptors (Lipinski definition) is 0. The summed E-state index contributed by atoms with van der Waals surface area (Å²) in [5, 5.41) is 0. The van der Waals surface area contributed by atoms with Crippen LogP contribution in [-0.2, 0) is 0 Å². The average molecular weight is 155 g/mol. The van der Waals surface area contributed by atoms with Crippen LogP contribution in [0.3, 0.4) is 0 Å². The molecule has 0 fully saturated rings. The molecule has 0 amide bonds. The predicted molar refractivity (Wildman–Crippen MR) is 44.5 cm³/mol. The SMILES string of the molecule is Cc1[nH]cc[n+]1[Si](C)(C)C. The molecule has 3 heteroatoms. The van der Waals surface area contributed by atoms with Crippen LogP contribution in [-0.4, -0.2) is 13.2 Å². The van der Waals surface area contributed by atoms with E-state index in [4.69, 9.17) is 0 Å². The summed E-state index contributed by atoms with van der Waals surface area (Å²) in [6.07, 6.45) is 4.12. The van der Waals surface area contributed by atoms with Crippen LogP contribution in [0.5, 0.6) is 0 Å². The van der Waals surface area contributed by atoms with Crippen LogP contribution >= 0.6 is 0 Å². The molecule has 0 unspecified atom stereocenters. The Morgan fingerprint density at radius 1 is 1.40 bits per heavy atom. The number of aryl methyl sites for hydroxylation is 1. The zero-order valence-electron chi connectivity index (χ0n) is 7.10. The van der Waals surface area contributed by atoms with E-state index in [1.807, 2.05) is 6.20 Å². The van der Waals surface area contributed by atoms with Crippen molar-refractivity contribution in [2.24, 2.45) is 0 Å². The molecule has 0 radical (unpaired) electrons. The van der Waals surface area contributed by atoms with Gasteiger partial charge in [-0.25, -0.2) is 4.98 Å². The van der Waals surface area contributed by atoms with Crippen molar-refractivity contribution < 1.29 is 4.23 Å². The summed E-state index contributed by atoms with van der Waals surface area (Å²) in [6, 6.07) is 0. The highest BCUT2D eigenvalue weighted by molar-refractivity contribution is 6.67. The Balaban J connectivity index is 3.05. The van der Waals surface area contributed by atoms with Crippen molar-refractivity contribution >= 4 is 8.24 Å². The third-order valence-electron chi connectivity index (χ3n) is 1.60. The van der Waals surface area contributed by atoms with Crippen LogP contribution < -0.4 is 4.23 Å². The van der Waals surface area contributed by atoms with Gasteiger partial charge in [0.05, 0.1) is 0 Å². The van der Waals surface area contributed by atoms with Crippen LogP contribution in [0.4, 0.5) is 0 Å². The second kappa shape index (κ2) is 2.23. The molecule has 0 spiro atoms. The fraction of sp³-hybridized carbons (Fsp3) is 0.571. The zero-order chi connectivity index (χ0) is 7.78. The molecular weight excluding hydrogens is 140 g/mol. The highest BCUT2D eigenvalue weighted by Crippen LogP contribution is 1.96. The molecule has 1 rings (SSSR count). The van der Waals surface area contributed by atoms with Gasteiger partial charge in [0.15, 0.2) is 0 Å². The molecule has 2 nitrogen and oxygen atoms in total. The van der Waals surface area contributed by atoms with Crippen molar-refractivity contribution in [3.05, 3.63) is 18.2 Å². The number of nitrogens with one attached hydrogen (secondary N) is 1. The van der Waals surface area contributed by atoms with E-state index in [1.165, 1.54) is 5.82 Å². The van der Waals surface area contributed by atoms with E-state index in [0.29, 0.717) is 0 Å². The minimum Gasteiger partial charge on any atom is -0.285 e. The first kappa shape index (κ1) is 7.53. The normalized spacial score (nSPS) is 12.0. The van der Waals surface area contributed by atoms with Crippen LogP contribution in [0.25, 0.3) is 0 Å². The largest absolute Gasteiger partial charge is 0.285 e. The summed E-state index contributed by atoms with van der Waals surface area (Å²) in [6.45, 7) is 9.09. The number of imidazole rings is 1. The molecule has 0 saturated carbocycles. The van der Waals surface area contributed by atoms with E-state index in [2.05, 4.69) is 42.0 Å². The smallest absolute Gasteiger partial charge is 0.257 e. The Kier molecular flexibility index (Phi) is 1.68. The Bertz CT molecular complexity index is 222. The summed E-state index contributed by atoms with van der Waals surface area (Å²) < 4.78 is 2.35. The Hall–Kier alpha value is -0.573. The van der Waals surface area contributed by atoms with Gasteiger partial charge >= 0.3 is 0 Å². The maximum Gasteiger partial charge on any atom is 0.257 e. The first-order valence-corrected chi connectivity index (χ1v) is 7.02. The number of H-pyrrole nitrogens is 1. The van der Waals surface area contributed by atoms with Gasteiger partial charge in [0.1, 0.15) is 12.4 Å². The molecule has 1 aromatic heterocycles. The monoisotopic (exact) mass is 155 g/mol. The topological polar surface area (TPSA) is 19.7 Å². The van der Waals surface area contributed by atoms with Gasteiger partial charge in [0.2, 0.25) is 5.82 Å². The molecule has 1 heterocycles. The molecule has 0 aliphatic carbocycles. The van der Waals surface area contributed by atoms with Gasteiger partial charge in [0, 0.05) is 6.92 Å². The van der Waals surface area contributed by atoms with Crippen molar-refractivity contribution in [2.45, 2.75) is 26.6 Å². The first-order chi connectivity index (χ1) is 4.52. The summed E-state index contributed by atoms with van der Waals surface area (Å²) >= 11 is 0. The van der Waals surface area contributed by atoms with E-state index in [-0.39, 0.29) is 0 Å². The van der Waals surface area contributed by atoms with Crippen LogP contribution in [0.1, 0.15) is 5.82 Å². The van der Waals surface area contributed by atoms with Gasteiger partial charge in [-0.1, -0.05) is 0 Å². The standard InChI is InChI=1S/C7H14N2Si/c1-7-8-5-6-9(7)10(2,3)4/h5-6H,1-4H3/p+1. The Labute approximate surface area is 63.0 Å². The lowest BCUT2D eigenvalue weighted by molar-refractivity contribution is -0.551. The molecule has 0 saturated heterocycles. The summed E-state index contributed by atoms with van der Waals surface area (Å²) in [7, 11) is -1.14. The Morgan fingerprint density at radius 2 is 2.00 bits per heavy atom. The molecule has 1 N–H and O–H groups in total. The minimum absolute atomic E-state index is 1.14. The van der Waals surface area contributed by atoms with Gasteiger partial charge in [-0.3, -0.25) is 4.23 Å². The van der Waals surface area contributed by atoms with Gasteiger partial charge < -0.3 is 0 Å². The second-order valence-electron chi connectivity index (χ2n) is 3.59. The van der Waals surface area contributed by atoms with Crippen LogP contribution in [0.15, 0.2) is 12.4 Å². The van der Waals surface area contributed by atoms with Gasteiger partial charge in [0.25, 0.3) is 8.24 Å². The maximum absolute atomic E-state index is 3.17. The molecule has 0 aromatic carbocycles. The number of hydrogen-bond donors (Lipinski definition) is 1. The van der Waals surface area contributed by atoms with E-state index >= 15 is 0 Å². The quantitative estimate of drug-likeness (QED) is 0.590. The molecule has 0 bridgehead atoms. The third-order valence-corrected chi connectivity index (χ3v) is 3.53. The number of aromatic amines is 1. The van der Waals surface area contributed by atoms with Crippen LogP contribution in [0.2, 0.25) is 19.6 Å². The molecular formula is C7H15N2Si+. The first-order valence-electron chi connectivity index (χ1n) is 3.58. The van der Waals surface area contributed by atoms with Crippen molar-refractivity contribution in [2.75, 3.05) is 0 Å². The third kappa shape index (κ3) is 1.29. The van der Waals surface area contributed by atoms with Gasteiger partial charge in [-0.15, -0.1) is 0 Å². The molecule has 10 heavy (non-hydrogen) atoms. The lowest BCUT2D eigenvalue weighted by atomic mass is 10.8. The van der Waals surface area contributed by atoms with Crippen LogP contribution in [0, 0.1) is 6.92 Å². The summed E-state index contributed by atoms with van der Waals surface area (Å²) in [5.74, 6) is 1.26. The molecule has 56 valence electrons. The van der Waals surface area contributed by atoms with Crippen molar-refractivity contribution in [3.63, 3.8) is 0 Å². The summed E-state index contributed by atoms with van der Waals surface area (Å²) in [4.78, 5) is 3.17. The molecule has 1 aromatic rings. The molecule has 0 atom stereocenters. The predicted octanol–water partition coefficient (Wildman–Crippen LogP) is 1.29. The second-order valence-corrected chi connectivity index (χ2v) is 8.41. The number of nitrogens with zero attached hydrogens (tertiary/aromatic N) is 1. The van der Waals surface area contributed by atoms with E-state index in [1.54, 1.807) is 0 Å². The van der Waals surface area contributed by atoms with E-state index in [0.717, 1.165) is 0 Å². The molecule has 0 aliphatic heterocycles. The highest BCUT2D eigenvalue weighted by atomic mass is 28.3. The lowest BCUT2D eigenvalue weighted by Crippen LogP contribution is -2.58. The lowest BCUT2D eigenvalue weighted by Gasteiger charge is -2.11. The highest BCUT2D eigenvalue weighted by Gasteiger charge is 2.24.